The molecular weight excluding hydrogens is 302 g/mol. The molecular formula is C15H20BrN3. The number of hydrogen-bond donors (Lipinski definition) is 1. The average molecular weight is 322 g/mol. The first kappa shape index (κ1) is 14.3. The monoisotopic (exact) mass is 321 g/mol. The van der Waals surface area contributed by atoms with Gasteiger partial charge < -0.3 is 9.88 Å². The summed E-state index contributed by atoms with van der Waals surface area (Å²) in [6, 6.07) is 4.56. The molecule has 0 amide bonds. The van der Waals surface area contributed by atoms with Crippen LogP contribution in [0.4, 0.5) is 0 Å². The Morgan fingerprint density at radius 1 is 1.32 bits per heavy atom. The minimum absolute atomic E-state index is 0.125. The van der Waals surface area contributed by atoms with Gasteiger partial charge in [0.25, 0.3) is 0 Å². The highest BCUT2D eigenvalue weighted by Crippen LogP contribution is 2.28. The Hall–Kier alpha value is -1.13. The van der Waals surface area contributed by atoms with Crippen molar-refractivity contribution in [2.45, 2.75) is 33.4 Å². The standard InChI is InChI=1S/C15H20BrN3/c1-5-19-7-6-18-15(19)14(17-4)12-8-10(2)13(16)11(3)9-12/h6-9,14,17H,5H2,1-4H3. The first-order valence-electron chi connectivity index (χ1n) is 6.53. The maximum absolute atomic E-state index is 4.51. The van der Waals surface area contributed by atoms with E-state index in [9.17, 15) is 0 Å². The van der Waals surface area contributed by atoms with E-state index in [1.807, 2.05) is 19.4 Å². The maximum atomic E-state index is 4.51. The highest BCUT2D eigenvalue weighted by molar-refractivity contribution is 9.10. The number of imidazole rings is 1. The van der Waals surface area contributed by atoms with E-state index in [0.717, 1.165) is 12.4 Å². The van der Waals surface area contributed by atoms with Gasteiger partial charge in [0, 0.05) is 23.4 Å². The van der Waals surface area contributed by atoms with Gasteiger partial charge in [-0.2, -0.15) is 0 Å². The van der Waals surface area contributed by atoms with Crippen LogP contribution in [0.25, 0.3) is 0 Å². The SMILES string of the molecule is CCn1ccnc1C(NC)c1cc(C)c(Br)c(C)c1. The lowest BCUT2D eigenvalue weighted by Crippen LogP contribution is -2.22. The zero-order chi connectivity index (χ0) is 14.0. The van der Waals surface area contributed by atoms with E-state index in [-0.39, 0.29) is 6.04 Å². The molecule has 1 aromatic heterocycles. The second kappa shape index (κ2) is 5.88. The summed E-state index contributed by atoms with van der Waals surface area (Å²) in [6.07, 6.45) is 3.89. The smallest absolute Gasteiger partial charge is 0.130 e. The zero-order valence-electron chi connectivity index (χ0n) is 11.9. The van der Waals surface area contributed by atoms with Gasteiger partial charge in [0.15, 0.2) is 0 Å². The molecule has 2 aromatic rings. The number of aromatic nitrogens is 2. The molecule has 0 saturated heterocycles. The molecule has 1 aromatic carbocycles. The number of nitrogens with one attached hydrogen (secondary N) is 1. The van der Waals surface area contributed by atoms with Crippen molar-refractivity contribution < 1.29 is 0 Å². The molecule has 0 aliphatic rings. The minimum Gasteiger partial charge on any atom is -0.334 e. The molecule has 102 valence electrons. The lowest BCUT2D eigenvalue weighted by Gasteiger charge is -2.19. The predicted molar refractivity (Wildman–Crippen MR) is 82.4 cm³/mol. The topological polar surface area (TPSA) is 29.9 Å². The lowest BCUT2D eigenvalue weighted by molar-refractivity contribution is 0.589. The zero-order valence-corrected chi connectivity index (χ0v) is 13.5. The van der Waals surface area contributed by atoms with Crippen molar-refractivity contribution in [3.8, 4) is 0 Å². The number of aryl methyl sites for hydroxylation is 3. The lowest BCUT2D eigenvalue weighted by atomic mass is 10.0. The van der Waals surface area contributed by atoms with Crippen LogP contribution in [0.1, 0.15) is 35.5 Å². The van der Waals surface area contributed by atoms with Crippen molar-refractivity contribution in [3.05, 3.63) is 51.5 Å². The molecule has 0 radical (unpaired) electrons. The normalized spacial score (nSPS) is 12.7. The molecule has 19 heavy (non-hydrogen) atoms. The van der Waals surface area contributed by atoms with E-state index in [1.165, 1.54) is 21.2 Å². The first-order valence-corrected chi connectivity index (χ1v) is 7.32. The van der Waals surface area contributed by atoms with Crippen LogP contribution in [0.2, 0.25) is 0 Å². The third-order valence-electron chi connectivity index (χ3n) is 3.43. The van der Waals surface area contributed by atoms with E-state index in [4.69, 9.17) is 0 Å². The van der Waals surface area contributed by atoms with Crippen LogP contribution in [-0.2, 0) is 6.54 Å². The summed E-state index contributed by atoms with van der Waals surface area (Å²) >= 11 is 3.62. The Balaban J connectivity index is 2.48. The molecule has 2 rings (SSSR count). The quantitative estimate of drug-likeness (QED) is 0.932. The van der Waals surface area contributed by atoms with Gasteiger partial charge in [0.2, 0.25) is 0 Å². The number of nitrogens with zero attached hydrogens (tertiary/aromatic N) is 2. The number of halogens is 1. The predicted octanol–water partition coefficient (Wildman–Crippen LogP) is 3.59. The fraction of sp³-hybridized carbons (Fsp3) is 0.400. The van der Waals surface area contributed by atoms with Gasteiger partial charge in [-0.3, -0.25) is 0 Å². The van der Waals surface area contributed by atoms with Crippen molar-refractivity contribution in [2.75, 3.05) is 7.05 Å². The van der Waals surface area contributed by atoms with E-state index in [1.54, 1.807) is 0 Å². The number of benzene rings is 1. The third kappa shape index (κ3) is 2.74. The Kier molecular flexibility index (Phi) is 4.42. The maximum Gasteiger partial charge on any atom is 0.130 e. The van der Waals surface area contributed by atoms with Gasteiger partial charge in [-0.1, -0.05) is 28.1 Å². The van der Waals surface area contributed by atoms with Crippen LogP contribution < -0.4 is 5.32 Å². The van der Waals surface area contributed by atoms with Gasteiger partial charge in [0.05, 0.1) is 6.04 Å². The largest absolute Gasteiger partial charge is 0.334 e. The molecule has 0 spiro atoms. The van der Waals surface area contributed by atoms with Crippen molar-refractivity contribution in [3.63, 3.8) is 0 Å². The van der Waals surface area contributed by atoms with Gasteiger partial charge in [-0.05, 0) is 44.5 Å². The molecule has 0 fully saturated rings. The van der Waals surface area contributed by atoms with Crippen molar-refractivity contribution >= 4 is 15.9 Å². The van der Waals surface area contributed by atoms with Gasteiger partial charge >= 0.3 is 0 Å². The summed E-state index contributed by atoms with van der Waals surface area (Å²) in [5, 5.41) is 3.37. The van der Waals surface area contributed by atoms with Crippen molar-refractivity contribution in [1.82, 2.24) is 14.9 Å². The van der Waals surface area contributed by atoms with Crippen LogP contribution >= 0.6 is 15.9 Å². The highest BCUT2D eigenvalue weighted by atomic mass is 79.9. The van der Waals surface area contributed by atoms with Crippen LogP contribution in [0, 0.1) is 13.8 Å². The summed E-state index contributed by atoms with van der Waals surface area (Å²) < 4.78 is 3.36. The molecule has 0 bridgehead atoms. The van der Waals surface area contributed by atoms with Gasteiger partial charge in [-0.15, -0.1) is 0 Å². The number of rotatable bonds is 4. The fourth-order valence-electron chi connectivity index (χ4n) is 2.44. The molecule has 3 nitrogen and oxygen atoms in total. The molecule has 1 atom stereocenters. The summed E-state index contributed by atoms with van der Waals surface area (Å²) in [4.78, 5) is 4.51. The molecule has 0 saturated carbocycles. The summed E-state index contributed by atoms with van der Waals surface area (Å²) in [6.45, 7) is 7.32. The molecule has 4 heteroatoms. The van der Waals surface area contributed by atoms with E-state index < -0.39 is 0 Å². The van der Waals surface area contributed by atoms with E-state index in [2.05, 4.69) is 63.7 Å². The highest BCUT2D eigenvalue weighted by Gasteiger charge is 2.18. The third-order valence-corrected chi connectivity index (χ3v) is 4.68. The molecule has 1 heterocycles. The van der Waals surface area contributed by atoms with Crippen LogP contribution in [0.5, 0.6) is 0 Å². The first-order chi connectivity index (χ1) is 9.08. The Bertz CT molecular complexity index is 552. The molecule has 1 unspecified atom stereocenters. The Morgan fingerprint density at radius 3 is 2.47 bits per heavy atom. The van der Waals surface area contributed by atoms with E-state index >= 15 is 0 Å². The second-order valence-electron chi connectivity index (χ2n) is 4.76. The second-order valence-corrected chi connectivity index (χ2v) is 5.55. The fourth-order valence-corrected chi connectivity index (χ4v) is 2.67. The van der Waals surface area contributed by atoms with Crippen LogP contribution in [-0.4, -0.2) is 16.6 Å². The molecule has 0 aliphatic carbocycles. The summed E-state index contributed by atoms with van der Waals surface area (Å²) in [5.41, 5.74) is 3.76. The van der Waals surface area contributed by atoms with E-state index in [0.29, 0.717) is 0 Å². The van der Waals surface area contributed by atoms with Gasteiger partial charge in [0.1, 0.15) is 5.82 Å². The minimum atomic E-state index is 0.125. The molecule has 0 aliphatic heterocycles. The van der Waals surface area contributed by atoms with Crippen molar-refractivity contribution in [2.24, 2.45) is 0 Å². The van der Waals surface area contributed by atoms with Crippen molar-refractivity contribution in [1.29, 1.82) is 0 Å². The Labute approximate surface area is 123 Å². The van der Waals surface area contributed by atoms with Gasteiger partial charge in [-0.25, -0.2) is 4.98 Å². The average Bonchev–Trinajstić information content (AvgIpc) is 2.85. The molecule has 1 N–H and O–H groups in total. The van der Waals surface area contributed by atoms with Crippen LogP contribution in [0.3, 0.4) is 0 Å². The summed E-state index contributed by atoms with van der Waals surface area (Å²) in [7, 11) is 1.98. The summed E-state index contributed by atoms with van der Waals surface area (Å²) in [5.74, 6) is 1.06. The Morgan fingerprint density at radius 2 is 1.95 bits per heavy atom. The number of hydrogen-bond acceptors (Lipinski definition) is 2. The van der Waals surface area contributed by atoms with Crippen LogP contribution in [0.15, 0.2) is 29.0 Å².